The fourth-order valence-corrected chi connectivity index (χ4v) is 7.84. The van der Waals surface area contributed by atoms with Gasteiger partial charge in [0, 0.05) is 19.3 Å². The number of hydrogen-bond donors (Lipinski definition) is 0. The van der Waals surface area contributed by atoms with Crippen LogP contribution in [0.15, 0.2) is 122 Å². The van der Waals surface area contributed by atoms with E-state index in [9.17, 15) is 14.4 Å². The summed E-state index contributed by atoms with van der Waals surface area (Å²) < 4.78 is 16.7. The Morgan fingerprint density at radius 2 is 0.569 bits per heavy atom. The van der Waals surface area contributed by atoms with Gasteiger partial charge in [0.25, 0.3) is 0 Å². The third-order valence-corrected chi connectivity index (χ3v) is 12.2. The van der Waals surface area contributed by atoms with Gasteiger partial charge in [0.15, 0.2) is 6.10 Å². The molecule has 0 N–H and O–H groups in total. The number of carbonyl (C=O) groups excluding carboxylic acids is 3. The SMILES string of the molecule is CC/C=C\C/C=C\C/C=C\C/C=C\C/C=C\CCCCCCCCCCCCCCCCCC(=O)OCC(COC(=O)CCCCCCC/C=C\CCC)OC(=O)CC/C=C\C/C=C\C/C=C\C/C=C\CC. The summed E-state index contributed by atoms with van der Waals surface area (Å²) in [6.45, 7) is 6.27. The van der Waals surface area contributed by atoms with Crippen LogP contribution in [0.2, 0.25) is 0 Å². The molecule has 6 nitrogen and oxygen atoms in total. The minimum absolute atomic E-state index is 0.110. The number of allylic oxidation sites excluding steroid dienone is 20. The fourth-order valence-electron chi connectivity index (χ4n) is 7.84. The first kappa shape index (κ1) is 67.8. The predicted octanol–water partition coefficient (Wildman–Crippen LogP) is 20.0. The van der Waals surface area contributed by atoms with Gasteiger partial charge in [-0.2, -0.15) is 0 Å². The van der Waals surface area contributed by atoms with E-state index < -0.39 is 12.1 Å². The van der Waals surface area contributed by atoms with Crippen LogP contribution in [0.1, 0.15) is 258 Å². The van der Waals surface area contributed by atoms with Crippen molar-refractivity contribution in [1.82, 2.24) is 0 Å². The summed E-state index contributed by atoms with van der Waals surface area (Å²) in [5.74, 6) is -1.01. The van der Waals surface area contributed by atoms with Crippen LogP contribution in [-0.2, 0) is 28.6 Å². The maximum Gasteiger partial charge on any atom is 0.306 e. The summed E-state index contributed by atoms with van der Waals surface area (Å²) in [4.78, 5) is 38.0. The highest BCUT2D eigenvalue weighted by Gasteiger charge is 2.19. The number of carbonyl (C=O) groups is 3. The molecule has 0 aliphatic carbocycles. The van der Waals surface area contributed by atoms with Gasteiger partial charge >= 0.3 is 17.9 Å². The molecule has 0 aromatic heterocycles. The second kappa shape index (κ2) is 59.4. The Labute approximate surface area is 443 Å². The van der Waals surface area contributed by atoms with E-state index in [2.05, 4.69) is 130 Å². The molecule has 1 unspecified atom stereocenters. The molecule has 6 heteroatoms. The molecule has 0 aromatic carbocycles. The van der Waals surface area contributed by atoms with Gasteiger partial charge in [-0.25, -0.2) is 0 Å². The fraction of sp³-hybridized carbons (Fsp3) is 0.652. The molecule has 0 aliphatic heterocycles. The molecule has 0 radical (unpaired) electrons. The monoisotopic (exact) mass is 997 g/mol. The van der Waals surface area contributed by atoms with Crippen molar-refractivity contribution in [3.63, 3.8) is 0 Å². The molecule has 0 heterocycles. The zero-order valence-corrected chi connectivity index (χ0v) is 46.7. The molecule has 72 heavy (non-hydrogen) atoms. The van der Waals surface area contributed by atoms with Crippen LogP contribution in [0.4, 0.5) is 0 Å². The zero-order valence-electron chi connectivity index (χ0n) is 46.7. The summed E-state index contributed by atoms with van der Waals surface area (Å²) >= 11 is 0. The molecule has 0 rings (SSSR count). The predicted molar refractivity (Wildman–Crippen MR) is 311 cm³/mol. The van der Waals surface area contributed by atoms with E-state index in [4.69, 9.17) is 14.2 Å². The molecule has 0 bridgehead atoms. The Morgan fingerprint density at radius 3 is 0.917 bits per heavy atom. The van der Waals surface area contributed by atoms with Crippen molar-refractivity contribution < 1.29 is 28.6 Å². The highest BCUT2D eigenvalue weighted by Crippen LogP contribution is 2.15. The molecular formula is C66H108O6. The maximum absolute atomic E-state index is 12.8. The van der Waals surface area contributed by atoms with E-state index in [1.165, 1.54) is 96.3 Å². The van der Waals surface area contributed by atoms with Crippen molar-refractivity contribution in [3.8, 4) is 0 Å². The van der Waals surface area contributed by atoms with Gasteiger partial charge in [-0.1, -0.05) is 251 Å². The van der Waals surface area contributed by atoms with Gasteiger partial charge in [0.2, 0.25) is 0 Å². The minimum atomic E-state index is -0.820. The summed E-state index contributed by atoms with van der Waals surface area (Å²) in [7, 11) is 0. The van der Waals surface area contributed by atoms with Crippen LogP contribution in [0.3, 0.4) is 0 Å². The van der Waals surface area contributed by atoms with Crippen molar-refractivity contribution >= 4 is 17.9 Å². The Morgan fingerprint density at radius 1 is 0.292 bits per heavy atom. The first-order chi connectivity index (χ1) is 35.5. The second-order valence-corrected chi connectivity index (χ2v) is 19.1. The van der Waals surface area contributed by atoms with Crippen molar-refractivity contribution in [1.29, 1.82) is 0 Å². The number of esters is 3. The number of ether oxygens (including phenoxy) is 3. The molecule has 408 valence electrons. The van der Waals surface area contributed by atoms with Crippen LogP contribution >= 0.6 is 0 Å². The molecule has 0 saturated carbocycles. The Bertz CT molecular complexity index is 1520. The quantitative estimate of drug-likeness (QED) is 0.0261. The van der Waals surface area contributed by atoms with Crippen LogP contribution in [-0.4, -0.2) is 37.2 Å². The van der Waals surface area contributed by atoms with Gasteiger partial charge in [-0.05, 0) is 109 Å². The van der Waals surface area contributed by atoms with Crippen LogP contribution in [0.25, 0.3) is 0 Å². The van der Waals surface area contributed by atoms with E-state index in [1.807, 2.05) is 12.2 Å². The van der Waals surface area contributed by atoms with Crippen LogP contribution in [0, 0.1) is 0 Å². The van der Waals surface area contributed by atoms with Crippen molar-refractivity contribution in [3.05, 3.63) is 122 Å². The van der Waals surface area contributed by atoms with Gasteiger partial charge < -0.3 is 14.2 Å². The third kappa shape index (κ3) is 56.7. The Hall–Kier alpha value is -4.19. The molecule has 0 aromatic rings. The van der Waals surface area contributed by atoms with Crippen molar-refractivity contribution in [2.24, 2.45) is 0 Å². The lowest BCUT2D eigenvalue weighted by Crippen LogP contribution is -2.30. The minimum Gasteiger partial charge on any atom is -0.462 e. The topological polar surface area (TPSA) is 78.9 Å². The van der Waals surface area contributed by atoms with E-state index in [0.29, 0.717) is 19.3 Å². The molecule has 1 atom stereocenters. The summed E-state index contributed by atoms with van der Waals surface area (Å²) in [6.07, 6.45) is 82.4. The molecule has 0 aliphatic rings. The van der Waals surface area contributed by atoms with Crippen molar-refractivity contribution in [2.45, 2.75) is 264 Å². The molecule has 0 saturated heterocycles. The first-order valence-electron chi connectivity index (χ1n) is 29.5. The zero-order chi connectivity index (χ0) is 52.2. The largest absolute Gasteiger partial charge is 0.462 e. The number of hydrogen-bond acceptors (Lipinski definition) is 6. The summed E-state index contributed by atoms with van der Waals surface area (Å²) in [5.41, 5.74) is 0. The smallest absolute Gasteiger partial charge is 0.306 e. The average molecular weight is 998 g/mol. The van der Waals surface area contributed by atoms with E-state index in [-0.39, 0.29) is 31.6 Å². The van der Waals surface area contributed by atoms with Gasteiger partial charge in [-0.15, -0.1) is 0 Å². The lowest BCUT2D eigenvalue weighted by molar-refractivity contribution is -0.166. The molecule has 0 fully saturated rings. The summed E-state index contributed by atoms with van der Waals surface area (Å²) in [6, 6.07) is 0. The first-order valence-corrected chi connectivity index (χ1v) is 29.5. The average Bonchev–Trinajstić information content (AvgIpc) is 3.38. The van der Waals surface area contributed by atoms with Crippen LogP contribution < -0.4 is 0 Å². The standard InChI is InChI=1S/C66H108O6/c1-4-7-10-13-16-19-22-24-25-26-27-28-29-30-31-32-33-34-35-36-37-38-39-40-41-43-44-47-50-53-56-59-65(68)71-62-63(61-70-64(67)58-55-52-49-46-21-18-15-12-9-6-3)72-66(69)60-57-54-51-48-45-42-23-20-17-14-11-8-5-2/h7-8,10-12,15-17,19-20,24-25,27-28,30-31,42,45,51,54,63H,4-6,9,13-14,18,21-23,26,29,32-41,43-44,46-50,52-53,55-62H2,1-3H3/b10-7-,11-8-,15-12-,19-16-,20-17-,25-24-,28-27-,31-30-,45-42-,54-51-. The van der Waals surface area contributed by atoms with Gasteiger partial charge in [-0.3, -0.25) is 14.4 Å². The van der Waals surface area contributed by atoms with Gasteiger partial charge in [0.1, 0.15) is 13.2 Å². The number of rotatable bonds is 52. The Balaban J connectivity index is 4.17. The lowest BCUT2D eigenvalue weighted by atomic mass is 10.0. The van der Waals surface area contributed by atoms with Gasteiger partial charge in [0.05, 0.1) is 0 Å². The van der Waals surface area contributed by atoms with E-state index in [0.717, 1.165) is 116 Å². The third-order valence-electron chi connectivity index (χ3n) is 12.2. The molecule has 0 spiro atoms. The van der Waals surface area contributed by atoms with Crippen molar-refractivity contribution in [2.75, 3.05) is 13.2 Å². The second-order valence-electron chi connectivity index (χ2n) is 19.1. The highest BCUT2D eigenvalue weighted by molar-refractivity contribution is 5.71. The molecular weight excluding hydrogens is 889 g/mol. The Kier molecular flexibility index (Phi) is 55.9. The van der Waals surface area contributed by atoms with Crippen LogP contribution in [0.5, 0.6) is 0 Å². The summed E-state index contributed by atoms with van der Waals surface area (Å²) in [5, 5.41) is 0. The number of unbranched alkanes of at least 4 members (excludes halogenated alkanes) is 21. The highest BCUT2D eigenvalue weighted by atomic mass is 16.6. The lowest BCUT2D eigenvalue weighted by Gasteiger charge is -2.18. The maximum atomic E-state index is 12.8. The van der Waals surface area contributed by atoms with E-state index >= 15 is 0 Å². The van der Waals surface area contributed by atoms with E-state index in [1.54, 1.807) is 0 Å². The normalized spacial score (nSPS) is 13.0. The molecule has 0 amide bonds.